The number of alkyl halides is 3. The summed E-state index contributed by atoms with van der Waals surface area (Å²) in [6.45, 7) is 1.78. The van der Waals surface area contributed by atoms with Crippen LogP contribution in [0.3, 0.4) is 0 Å². The number of hydrogen-bond donors (Lipinski definition) is 1. The predicted octanol–water partition coefficient (Wildman–Crippen LogP) is 6.00. The summed E-state index contributed by atoms with van der Waals surface area (Å²) in [7, 11) is 0. The lowest BCUT2D eigenvalue weighted by Crippen LogP contribution is -2.47. The van der Waals surface area contributed by atoms with Gasteiger partial charge in [-0.1, -0.05) is 83.3 Å². The highest BCUT2D eigenvalue weighted by atomic mass is 35.6. The molecule has 0 unspecified atom stereocenters. The fourth-order valence-corrected chi connectivity index (χ4v) is 3.64. The number of benzene rings is 3. The smallest absolute Gasteiger partial charge is 0.280 e. The third-order valence-electron chi connectivity index (χ3n) is 5.10. The average molecular weight is 529 g/mol. The van der Waals surface area contributed by atoms with Crippen LogP contribution < -0.4 is 15.1 Å². The number of anilines is 1. The number of rotatable bonds is 6. The van der Waals surface area contributed by atoms with Crippen LogP contribution in [0.15, 0.2) is 95.6 Å². The van der Waals surface area contributed by atoms with E-state index < -0.39 is 15.9 Å². The first-order valence-corrected chi connectivity index (χ1v) is 11.7. The Morgan fingerprint density at radius 1 is 0.971 bits per heavy atom. The second-order valence-electron chi connectivity index (χ2n) is 7.64. The summed E-state index contributed by atoms with van der Waals surface area (Å²) >= 11 is 18.1. The molecule has 2 amide bonds. The van der Waals surface area contributed by atoms with Gasteiger partial charge in [-0.2, -0.15) is 10.1 Å². The number of nitrogens with zero attached hydrogens (tertiary/aromatic N) is 2. The molecule has 1 atom stereocenters. The summed E-state index contributed by atoms with van der Waals surface area (Å²) in [6.07, 6.45) is 0.506. The molecule has 0 aromatic heterocycles. The van der Waals surface area contributed by atoms with E-state index in [1.54, 1.807) is 67.6 Å². The van der Waals surface area contributed by atoms with Gasteiger partial charge in [0.25, 0.3) is 11.8 Å². The van der Waals surface area contributed by atoms with Crippen molar-refractivity contribution in [1.82, 2.24) is 5.32 Å². The zero-order valence-corrected chi connectivity index (χ0v) is 20.8. The number of hydrazone groups is 1. The van der Waals surface area contributed by atoms with Crippen molar-refractivity contribution in [2.75, 3.05) is 5.01 Å². The normalized spacial score (nSPS) is 15.7. The molecule has 3 aromatic rings. The van der Waals surface area contributed by atoms with Gasteiger partial charge >= 0.3 is 0 Å². The van der Waals surface area contributed by atoms with E-state index in [2.05, 4.69) is 10.4 Å². The first-order chi connectivity index (χ1) is 16.7. The van der Waals surface area contributed by atoms with Gasteiger partial charge in [0.05, 0.1) is 17.0 Å². The van der Waals surface area contributed by atoms with Gasteiger partial charge in [0.2, 0.25) is 10.0 Å². The maximum Gasteiger partial charge on any atom is 0.280 e. The Hall–Kier alpha value is -3.32. The molecule has 6 nitrogen and oxygen atoms in total. The SMILES string of the molecule is CC1=NN(c2ccccc2)C(=O)/C1=C/c1ccc(O[C@H](NC(=O)c2ccccc2)C(Cl)(Cl)Cl)cc1. The Balaban J connectivity index is 1.48. The lowest BCUT2D eigenvalue weighted by molar-refractivity contribution is -0.114. The first kappa shape index (κ1) is 24.8. The molecule has 0 fully saturated rings. The zero-order valence-electron chi connectivity index (χ0n) is 18.5. The minimum Gasteiger partial charge on any atom is -0.466 e. The molecule has 1 N–H and O–H groups in total. The van der Waals surface area contributed by atoms with Crippen LogP contribution in [0.5, 0.6) is 5.75 Å². The highest BCUT2D eigenvalue weighted by Gasteiger charge is 2.36. The van der Waals surface area contributed by atoms with Crippen LogP contribution in [0.2, 0.25) is 0 Å². The lowest BCUT2D eigenvalue weighted by Gasteiger charge is -2.26. The predicted molar refractivity (Wildman–Crippen MR) is 140 cm³/mol. The van der Waals surface area contributed by atoms with Crippen LogP contribution in [0.25, 0.3) is 6.08 Å². The quantitative estimate of drug-likeness (QED) is 0.242. The summed E-state index contributed by atoms with van der Waals surface area (Å²) < 4.78 is 3.85. The van der Waals surface area contributed by atoms with E-state index in [4.69, 9.17) is 39.5 Å². The molecule has 0 saturated heterocycles. The molecule has 3 aromatic carbocycles. The van der Waals surface area contributed by atoms with Crippen molar-refractivity contribution >= 4 is 64.1 Å². The van der Waals surface area contributed by atoms with E-state index in [1.807, 2.05) is 30.3 Å². The molecule has 0 bridgehead atoms. The highest BCUT2D eigenvalue weighted by molar-refractivity contribution is 6.68. The van der Waals surface area contributed by atoms with E-state index in [0.717, 1.165) is 5.56 Å². The molecule has 178 valence electrons. The number of carbonyl (C=O) groups is 2. The largest absolute Gasteiger partial charge is 0.466 e. The van der Waals surface area contributed by atoms with Crippen molar-refractivity contribution < 1.29 is 14.3 Å². The molecule has 9 heteroatoms. The van der Waals surface area contributed by atoms with Gasteiger partial charge < -0.3 is 10.1 Å². The molecule has 35 heavy (non-hydrogen) atoms. The molecule has 1 aliphatic rings. The highest BCUT2D eigenvalue weighted by Crippen LogP contribution is 2.32. The molecule has 1 heterocycles. The van der Waals surface area contributed by atoms with E-state index >= 15 is 0 Å². The minimum absolute atomic E-state index is 0.214. The Kier molecular flexibility index (Phi) is 7.45. The summed E-state index contributed by atoms with van der Waals surface area (Å²) in [4.78, 5) is 25.4. The number of ether oxygens (including phenoxy) is 1. The second-order valence-corrected chi connectivity index (χ2v) is 10.0. The summed E-state index contributed by atoms with van der Waals surface area (Å²) in [5.74, 6) is -0.291. The van der Waals surface area contributed by atoms with Gasteiger partial charge in [-0.25, -0.2) is 0 Å². The van der Waals surface area contributed by atoms with Gasteiger partial charge in [-0.3, -0.25) is 9.59 Å². The number of amides is 2. The van der Waals surface area contributed by atoms with Crippen molar-refractivity contribution in [1.29, 1.82) is 0 Å². The van der Waals surface area contributed by atoms with Crippen LogP contribution in [0, 0.1) is 0 Å². The Morgan fingerprint density at radius 3 is 2.17 bits per heavy atom. The molecular weight excluding hydrogens is 509 g/mol. The van der Waals surface area contributed by atoms with Gasteiger partial charge in [-0.05, 0) is 55.0 Å². The van der Waals surface area contributed by atoms with Crippen LogP contribution in [-0.4, -0.2) is 27.5 Å². The summed E-state index contributed by atoms with van der Waals surface area (Å²) in [5.41, 5.74) is 2.94. The molecule has 0 radical (unpaired) electrons. The van der Waals surface area contributed by atoms with E-state index in [0.29, 0.717) is 28.3 Å². The van der Waals surface area contributed by atoms with Crippen LogP contribution in [0.4, 0.5) is 5.69 Å². The molecule has 4 rings (SSSR count). The second kappa shape index (κ2) is 10.5. The van der Waals surface area contributed by atoms with E-state index in [9.17, 15) is 9.59 Å². The Labute approximate surface area is 217 Å². The number of carbonyl (C=O) groups excluding carboxylic acids is 2. The van der Waals surface area contributed by atoms with Crippen molar-refractivity contribution in [2.24, 2.45) is 5.10 Å². The van der Waals surface area contributed by atoms with Gasteiger partial charge in [0, 0.05) is 5.56 Å². The molecular formula is C26H20Cl3N3O3. The third-order valence-corrected chi connectivity index (χ3v) is 5.70. The monoisotopic (exact) mass is 527 g/mol. The lowest BCUT2D eigenvalue weighted by atomic mass is 10.1. The van der Waals surface area contributed by atoms with Crippen molar-refractivity contribution in [3.05, 3.63) is 102 Å². The van der Waals surface area contributed by atoms with Gasteiger partial charge in [0.1, 0.15) is 5.75 Å². The fraction of sp³-hybridized carbons (Fsp3) is 0.115. The molecule has 1 aliphatic heterocycles. The number of nitrogens with one attached hydrogen (secondary N) is 1. The molecule has 0 spiro atoms. The van der Waals surface area contributed by atoms with Crippen molar-refractivity contribution in [3.63, 3.8) is 0 Å². The van der Waals surface area contributed by atoms with Crippen LogP contribution in [0.1, 0.15) is 22.8 Å². The number of halogens is 3. The topological polar surface area (TPSA) is 71.0 Å². The third kappa shape index (κ3) is 6.03. The summed E-state index contributed by atoms with van der Waals surface area (Å²) in [5, 5.41) is 8.34. The van der Waals surface area contributed by atoms with E-state index in [1.165, 1.54) is 5.01 Å². The van der Waals surface area contributed by atoms with Crippen molar-refractivity contribution in [2.45, 2.75) is 16.9 Å². The number of para-hydroxylation sites is 1. The van der Waals surface area contributed by atoms with Crippen LogP contribution >= 0.6 is 34.8 Å². The van der Waals surface area contributed by atoms with Gasteiger partial charge in [0.15, 0.2) is 0 Å². The number of hydrogen-bond acceptors (Lipinski definition) is 4. The maximum atomic E-state index is 12.9. The average Bonchev–Trinajstić information content (AvgIpc) is 3.13. The Morgan fingerprint density at radius 2 is 1.57 bits per heavy atom. The first-order valence-electron chi connectivity index (χ1n) is 10.6. The van der Waals surface area contributed by atoms with Crippen molar-refractivity contribution in [3.8, 4) is 5.75 Å². The zero-order chi connectivity index (χ0) is 25.0. The van der Waals surface area contributed by atoms with Gasteiger partial charge in [-0.15, -0.1) is 0 Å². The summed E-state index contributed by atoms with van der Waals surface area (Å²) in [6, 6.07) is 24.6. The maximum absolute atomic E-state index is 12.9. The molecule has 0 saturated carbocycles. The Bertz CT molecular complexity index is 1270. The molecule has 0 aliphatic carbocycles. The minimum atomic E-state index is -1.92. The van der Waals surface area contributed by atoms with E-state index in [-0.39, 0.29) is 5.91 Å². The fourth-order valence-electron chi connectivity index (χ4n) is 3.34. The van der Waals surface area contributed by atoms with Crippen LogP contribution in [-0.2, 0) is 4.79 Å². The standard InChI is InChI=1S/C26H20Cl3N3O3/c1-17-22(24(34)32(31-17)20-10-6-3-7-11-20)16-18-12-14-21(15-13-18)35-25(26(27,28)29)30-23(33)19-8-4-2-5-9-19/h2-16,25H,1H3,(H,30,33)/b22-16+/t25-/m0/s1.